The second kappa shape index (κ2) is 5.88. The van der Waals surface area contributed by atoms with Crippen molar-refractivity contribution in [2.45, 2.75) is 38.0 Å². The summed E-state index contributed by atoms with van der Waals surface area (Å²) in [5, 5.41) is 0. The van der Waals surface area contributed by atoms with Crippen molar-refractivity contribution in [3.8, 4) is 0 Å². The Balaban J connectivity index is 1.60. The molecule has 2 aliphatic rings. The lowest BCUT2D eigenvalue weighted by Gasteiger charge is -2.32. The van der Waals surface area contributed by atoms with Gasteiger partial charge in [-0.25, -0.2) is 0 Å². The van der Waals surface area contributed by atoms with E-state index >= 15 is 0 Å². The van der Waals surface area contributed by atoms with Gasteiger partial charge in [0.15, 0.2) is 0 Å². The standard InChI is InChI=1S/C17H25NS/c19-14-17(9-4-5-10-17)13-18-11-8-16(12-18)15-6-2-1-3-7-15/h1-3,6-7,16,19H,4-5,8-14H2. The Labute approximate surface area is 122 Å². The number of thiol groups is 1. The van der Waals surface area contributed by atoms with E-state index < -0.39 is 0 Å². The summed E-state index contributed by atoms with van der Waals surface area (Å²) < 4.78 is 0. The largest absolute Gasteiger partial charge is 0.302 e. The van der Waals surface area contributed by atoms with Gasteiger partial charge in [0.2, 0.25) is 0 Å². The third kappa shape index (κ3) is 3.00. The Morgan fingerprint density at radius 3 is 2.58 bits per heavy atom. The lowest BCUT2D eigenvalue weighted by Crippen LogP contribution is -2.36. The molecule has 19 heavy (non-hydrogen) atoms. The van der Waals surface area contributed by atoms with E-state index in [2.05, 4.69) is 47.9 Å². The molecule has 1 saturated heterocycles. The molecule has 1 heterocycles. The molecule has 1 unspecified atom stereocenters. The summed E-state index contributed by atoms with van der Waals surface area (Å²) in [6, 6.07) is 11.0. The lowest BCUT2D eigenvalue weighted by molar-refractivity contribution is 0.199. The number of nitrogens with zero attached hydrogens (tertiary/aromatic N) is 1. The van der Waals surface area contributed by atoms with Gasteiger partial charge in [-0.3, -0.25) is 0 Å². The first kappa shape index (κ1) is 13.5. The minimum Gasteiger partial charge on any atom is -0.302 e. The molecule has 0 spiro atoms. The maximum atomic E-state index is 4.64. The number of hydrogen-bond donors (Lipinski definition) is 1. The Hall–Kier alpha value is -0.470. The van der Waals surface area contributed by atoms with Gasteiger partial charge in [-0.1, -0.05) is 43.2 Å². The van der Waals surface area contributed by atoms with Crippen LogP contribution in [0.2, 0.25) is 0 Å². The van der Waals surface area contributed by atoms with Gasteiger partial charge in [0.25, 0.3) is 0 Å². The summed E-state index contributed by atoms with van der Waals surface area (Å²) in [7, 11) is 0. The molecule has 0 bridgehead atoms. The van der Waals surface area contributed by atoms with Crippen molar-refractivity contribution in [3.63, 3.8) is 0 Å². The molecular weight excluding hydrogens is 250 g/mol. The predicted molar refractivity (Wildman–Crippen MR) is 85.0 cm³/mol. The van der Waals surface area contributed by atoms with Crippen LogP contribution in [0.5, 0.6) is 0 Å². The van der Waals surface area contributed by atoms with E-state index in [4.69, 9.17) is 0 Å². The van der Waals surface area contributed by atoms with E-state index in [1.165, 1.54) is 57.3 Å². The van der Waals surface area contributed by atoms with E-state index in [0.717, 1.165) is 11.7 Å². The molecule has 1 saturated carbocycles. The average Bonchev–Trinajstić information content (AvgIpc) is 3.10. The molecule has 1 aromatic rings. The van der Waals surface area contributed by atoms with Crippen molar-refractivity contribution >= 4 is 12.6 Å². The third-order valence-corrected chi connectivity index (χ3v) is 5.77. The quantitative estimate of drug-likeness (QED) is 0.814. The number of benzene rings is 1. The zero-order chi connectivity index (χ0) is 13.1. The maximum absolute atomic E-state index is 4.64. The molecule has 1 aliphatic carbocycles. The summed E-state index contributed by atoms with van der Waals surface area (Å²) in [6.07, 6.45) is 6.94. The summed E-state index contributed by atoms with van der Waals surface area (Å²) in [5.74, 6) is 1.82. The van der Waals surface area contributed by atoms with Crippen LogP contribution >= 0.6 is 12.6 Å². The molecule has 0 radical (unpaired) electrons. The van der Waals surface area contributed by atoms with Gasteiger partial charge in [-0.15, -0.1) is 0 Å². The first-order valence-corrected chi connectivity index (χ1v) is 8.33. The normalized spacial score (nSPS) is 26.9. The highest BCUT2D eigenvalue weighted by molar-refractivity contribution is 7.80. The molecule has 1 aromatic carbocycles. The zero-order valence-electron chi connectivity index (χ0n) is 11.7. The van der Waals surface area contributed by atoms with E-state index in [9.17, 15) is 0 Å². The molecule has 0 aromatic heterocycles. The molecule has 0 N–H and O–H groups in total. The van der Waals surface area contributed by atoms with E-state index in [0.29, 0.717) is 5.41 Å². The second-order valence-electron chi connectivity index (χ2n) is 6.50. The smallest absolute Gasteiger partial charge is 0.00510 e. The van der Waals surface area contributed by atoms with Crippen molar-refractivity contribution < 1.29 is 0 Å². The molecule has 1 aliphatic heterocycles. The number of likely N-dealkylation sites (tertiary alicyclic amines) is 1. The Bertz CT molecular complexity index is 397. The Morgan fingerprint density at radius 1 is 1.16 bits per heavy atom. The summed E-state index contributed by atoms with van der Waals surface area (Å²) in [4.78, 5) is 2.69. The number of hydrogen-bond acceptors (Lipinski definition) is 2. The van der Waals surface area contributed by atoms with Crippen molar-refractivity contribution in [2.24, 2.45) is 5.41 Å². The molecule has 1 nitrogen and oxygen atoms in total. The first-order chi connectivity index (χ1) is 9.31. The van der Waals surface area contributed by atoms with Gasteiger partial charge in [0.05, 0.1) is 0 Å². The Morgan fingerprint density at radius 2 is 1.89 bits per heavy atom. The van der Waals surface area contributed by atoms with Crippen LogP contribution in [0, 0.1) is 5.41 Å². The van der Waals surface area contributed by atoms with Crippen molar-refractivity contribution in [1.29, 1.82) is 0 Å². The molecular formula is C17H25NS. The fourth-order valence-electron chi connectivity index (χ4n) is 3.94. The van der Waals surface area contributed by atoms with Crippen LogP contribution < -0.4 is 0 Å². The zero-order valence-corrected chi connectivity index (χ0v) is 12.6. The highest BCUT2D eigenvalue weighted by Crippen LogP contribution is 2.41. The van der Waals surface area contributed by atoms with Crippen LogP contribution in [-0.4, -0.2) is 30.3 Å². The summed E-state index contributed by atoms with van der Waals surface area (Å²) in [6.45, 7) is 3.80. The van der Waals surface area contributed by atoms with Crippen molar-refractivity contribution in [1.82, 2.24) is 4.90 Å². The van der Waals surface area contributed by atoms with Gasteiger partial charge in [-0.05, 0) is 48.5 Å². The topological polar surface area (TPSA) is 3.24 Å². The number of rotatable bonds is 4. The van der Waals surface area contributed by atoms with Crippen LogP contribution in [0.15, 0.2) is 30.3 Å². The SMILES string of the molecule is SCC1(CN2CCC(c3ccccc3)C2)CCCC1. The van der Waals surface area contributed by atoms with Crippen molar-refractivity contribution in [2.75, 3.05) is 25.4 Å². The summed E-state index contributed by atoms with van der Waals surface area (Å²) >= 11 is 4.64. The van der Waals surface area contributed by atoms with E-state index in [-0.39, 0.29) is 0 Å². The van der Waals surface area contributed by atoms with Gasteiger partial charge in [0, 0.05) is 13.1 Å². The minimum absolute atomic E-state index is 0.523. The van der Waals surface area contributed by atoms with Crippen LogP contribution in [0.25, 0.3) is 0 Å². The Kier molecular flexibility index (Phi) is 4.18. The lowest BCUT2D eigenvalue weighted by atomic mass is 9.88. The van der Waals surface area contributed by atoms with Gasteiger partial charge in [0.1, 0.15) is 0 Å². The minimum atomic E-state index is 0.523. The fourth-order valence-corrected chi connectivity index (χ4v) is 4.36. The molecule has 1 atom stereocenters. The van der Waals surface area contributed by atoms with Crippen LogP contribution in [0.4, 0.5) is 0 Å². The van der Waals surface area contributed by atoms with Gasteiger partial charge >= 0.3 is 0 Å². The van der Waals surface area contributed by atoms with E-state index in [1.54, 1.807) is 0 Å². The molecule has 2 heteroatoms. The van der Waals surface area contributed by atoms with Crippen molar-refractivity contribution in [3.05, 3.63) is 35.9 Å². The van der Waals surface area contributed by atoms with Crippen LogP contribution in [-0.2, 0) is 0 Å². The fraction of sp³-hybridized carbons (Fsp3) is 0.647. The maximum Gasteiger partial charge on any atom is 0.00510 e. The highest BCUT2D eigenvalue weighted by Gasteiger charge is 2.36. The second-order valence-corrected chi connectivity index (χ2v) is 6.81. The predicted octanol–water partition coefficient (Wildman–Crippen LogP) is 3.97. The average molecular weight is 275 g/mol. The van der Waals surface area contributed by atoms with Gasteiger partial charge in [-0.2, -0.15) is 12.6 Å². The molecule has 104 valence electrons. The third-order valence-electron chi connectivity index (χ3n) is 5.10. The molecule has 3 rings (SSSR count). The summed E-state index contributed by atoms with van der Waals surface area (Å²) in [5.41, 5.74) is 2.05. The molecule has 0 amide bonds. The molecule has 2 fully saturated rings. The van der Waals surface area contributed by atoms with E-state index in [1.807, 2.05) is 0 Å². The highest BCUT2D eigenvalue weighted by atomic mass is 32.1. The van der Waals surface area contributed by atoms with Crippen LogP contribution in [0.1, 0.15) is 43.6 Å². The monoisotopic (exact) mass is 275 g/mol. The van der Waals surface area contributed by atoms with Gasteiger partial charge < -0.3 is 4.90 Å². The first-order valence-electron chi connectivity index (χ1n) is 7.69. The van der Waals surface area contributed by atoms with Crippen LogP contribution in [0.3, 0.4) is 0 Å².